The summed E-state index contributed by atoms with van der Waals surface area (Å²) in [6, 6.07) is 3.91. The monoisotopic (exact) mass is 275 g/mol. The second-order valence-corrected chi connectivity index (χ2v) is 7.59. The molecule has 3 rings (SSSR count). The molecule has 3 nitrogen and oxygen atoms in total. The minimum absolute atomic E-state index is 0.243. The molecule has 3 fully saturated rings. The van der Waals surface area contributed by atoms with Crippen LogP contribution in [-0.2, 0) is 0 Å². The van der Waals surface area contributed by atoms with Crippen molar-refractivity contribution in [1.82, 2.24) is 10.2 Å². The van der Waals surface area contributed by atoms with E-state index in [0.717, 1.165) is 18.4 Å². The Morgan fingerprint density at radius 3 is 2.80 bits per heavy atom. The number of nitrogens with one attached hydrogen (secondary N) is 1. The van der Waals surface area contributed by atoms with Crippen molar-refractivity contribution >= 4 is 0 Å². The third-order valence-corrected chi connectivity index (χ3v) is 5.85. The SMILES string of the molecule is CC(C)NC1(C#N)CCCC1CCN1CC2CCC1C2. The van der Waals surface area contributed by atoms with Gasteiger partial charge in [-0.1, -0.05) is 6.42 Å². The summed E-state index contributed by atoms with van der Waals surface area (Å²) in [5.41, 5.74) is -0.243. The summed E-state index contributed by atoms with van der Waals surface area (Å²) in [4.78, 5) is 2.71. The summed E-state index contributed by atoms with van der Waals surface area (Å²) >= 11 is 0. The van der Waals surface area contributed by atoms with Crippen molar-refractivity contribution in [3.05, 3.63) is 0 Å². The molecule has 2 saturated carbocycles. The van der Waals surface area contributed by atoms with Gasteiger partial charge in [0.1, 0.15) is 5.54 Å². The normalized spacial score (nSPS) is 40.6. The summed E-state index contributed by atoms with van der Waals surface area (Å²) in [7, 11) is 0. The van der Waals surface area contributed by atoms with Gasteiger partial charge in [0.05, 0.1) is 6.07 Å². The topological polar surface area (TPSA) is 39.1 Å². The van der Waals surface area contributed by atoms with Crippen LogP contribution in [-0.4, -0.2) is 35.6 Å². The lowest BCUT2D eigenvalue weighted by Gasteiger charge is -2.34. The first-order valence-corrected chi connectivity index (χ1v) is 8.56. The van der Waals surface area contributed by atoms with Crippen LogP contribution in [0.4, 0.5) is 0 Å². The second kappa shape index (κ2) is 5.66. The zero-order chi connectivity index (χ0) is 14.2. The van der Waals surface area contributed by atoms with E-state index in [4.69, 9.17) is 0 Å². The Morgan fingerprint density at radius 2 is 2.20 bits per heavy atom. The number of rotatable bonds is 5. The maximum absolute atomic E-state index is 9.71. The molecule has 0 aromatic carbocycles. The average Bonchev–Trinajstić information content (AvgIpc) is 3.10. The van der Waals surface area contributed by atoms with E-state index in [1.54, 1.807) is 0 Å². The molecule has 1 N–H and O–H groups in total. The molecule has 4 atom stereocenters. The Bertz CT molecular complexity index is 386. The Labute approximate surface area is 123 Å². The predicted octanol–water partition coefficient (Wildman–Crippen LogP) is 2.92. The zero-order valence-corrected chi connectivity index (χ0v) is 13.1. The minimum Gasteiger partial charge on any atom is -0.300 e. The molecule has 4 unspecified atom stereocenters. The molecule has 0 aromatic heterocycles. The lowest BCUT2D eigenvalue weighted by molar-refractivity contribution is 0.181. The maximum Gasteiger partial charge on any atom is 0.109 e. The Balaban J connectivity index is 1.57. The predicted molar refractivity (Wildman–Crippen MR) is 81.3 cm³/mol. The highest BCUT2D eigenvalue weighted by molar-refractivity contribution is 5.14. The quantitative estimate of drug-likeness (QED) is 0.838. The molecule has 3 aliphatic rings. The van der Waals surface area contributed by atoms with E-state index in [9.17, 15) is 5.26 Å². The van der Waals surface area contributed by atoms with E-state index < -0.39 is 0 Å². The number of likely N-dealkylation sites (tertiary alicyclic amines) is 1. The Kier molecular flexibility index (Phi) is 4.06. The van der Waals surface area contributed by atoms with Crippen LogP contribution in [0.5, 0.6) is 0 Å². The van der Waals surface area contributed by atoms with Gasteiger partial charge in [0.15, 0.2) is 0 Å². The standard InChI is InChI=1S/C17H29N3/c1-13(2)19-17(12-18)8-3-4-15(17)7-9-20-11-14-5-6-16(20)10-14/h13-16,19H,3-11H2,1-2H3. The van der Waals surface area contributed by atoms with Crippen LogP contribution in [0.15, 0.2) is 0 Å². The molecule has 0 radical (unpaired) electrons. The fourth-order valence-corrected chi connectivity index (χ4v) is 4.98. The van der Waals surface area contributed by atoms with Crippen molar-refractivity contribution in [2.45, 2.75) is 76.4 Å². The van der Waals surface area contributed by atoms with E-state index in [2.05, 4.69) is 30.1 Å². The van der Waals surface area contributed by atoms with Gasteiger partial charge >= 0.3 is 0 Å². The van der Waals surface area contributed by atoms with Gasteiger partial charge in [-0.3, -0.25) is 5.32 Å². The molecule has 2 bridgehead atoms. The molecule has 3 heteroatoms. The highest BCUT2D eigenvalue weighted by Crippen LogP contribution is 2.41. The Hall–Kier alpha value is -0.590. The zero-order valence-electron chi connectivity index (χ0n) is 13.1. The van der Waals surface area contributed by atoms with Crippen molar-refractivity contribution in [1.29, 1.82) is 5.26 Å². The van der Waals surface area contributed by atoms with Crippen molar-refractivity contribution in [3.63, 3.8) is 0 Å². The smallest absolute Gasteiger partial charge is 0.109 e. The maximum atomic E-state index is 9.71. The van der Waals surface area contributed by atoms with Crippen molar-refractivity contribution in [2.75, 3.05) is 13.1 Å². The van der Waals surface area contributed by atoms with Gasteiger partial charge in [-0.05, 0) is 70.8 Å². The van der Waals surface area contributed by atoms with E-state index in [1.165, 1.54) is 51.6 Å². The molecule has 0 amide bonds. The third-order valence-electron chi connectivity index (χ3n) is 5.85. The van der Waals surface area contributed by atoms with E-state index >= 15 is 0 Å². The highest BCUT2D eigenvalue weighted by atomic mass is 15.2. The van der Waals surface area contributed by atoms with Gasteiger partial charge in [0.2, 0.25) is 0 Å². The van der Waals surface area contributed by atoms with E-state index in [0.29, 0.717) is 12.0 Å². The summed E-state index contributed by atoms with van der Waals surface area (Å²) in [6.07, 6.45) is 9.01. The number of hydrogen-bond acceptors (Lipinski definition) is 3. The van der Waals surface area contributed by atoms with Gasteiger partial charge < -0.3 is 4.90 Å². The van der Waals surface area contributed by atoms with Gasteiger partial charge in [-0.2, -0.15) is 5.26 Å². The van der Waals surface area contributed by atoms with Gasteiger partial charge in [-0.15, -0.1) is 0 Å². The fourth-order valence-electron chi connectivity index (χ4n) is 4.98. The molecular weight excluding hydrogens is 246 g/mol. The summed E-state index contributed by atoms with van der Waals surface area (Å²) in [6.45, 7) is 6.87. The highest BCUT2D eigenvalue weighted by Gasteiger charge is 2.44. The van der Waals surface area contributed by atoms with E-state index in [-0.39, 0.29) is 5.54 Å². The lowest BCUT2D eigenvalue weighted by Crippen LogP contribution is -2.51. The van der Waals surface area contributed by atoms with Gasteiger partial charge in [-0.25, -0.2) is 0 Å². The summed E-state index contributed by atoms with van der Waals surface area (Å²) in [5.74, 6) is 1.53. The second-order valence-electron chi connectivity index (χ2n) is 7.59. The number of piperidine rings is 1. The van der Waals surface area contributed by atoms with E-state index in [1.807, 2.05) is 0 Å². The Morgan fingerprint density at radius 1 is 1.35 bits per heavy atom. The van der Waals surface area contributed by atoms with Crippen LogP contribution in [0.1, 0.15) is 58.8 Å². The average molecular weight is 275 g/mol. The van der Waals surface area contributed by atoms with Crippen molar-refractivity contribution < 1.29 is 0 Å². The first-order valence-electron chi connectivity index (χ1n) is 8.56. The molecule has 20 heavy (non-hydrogen) atoms. The number of nitrogens with zero attached hydrogens (tertiary/aromatic N) is 2. The minimum atomic E-state index is -0.243. The molecule has 1 aliphatic heterocycles. The largest absolute Gasteiger partial charge is 0.300 e. The van der Waals surface area contributed by atoms with Gasteiger partial charge in [0, 0.05) is 18.6 Å². The van der Waals surface area contributed by atoms with Crippen LogP contribution in [0.2, 0.25) is 0 Å². The van der Waals surface area contributed by atoms with Crippen molar-refractivity contribution in [2.24, 2.45) is 11.8 Å². The first-order chi connectivity index (χ1) is 9.63. The molecule has 112 valence electrons. The lowest BCUT2D eigenvalue weighted by atomic mass is 9.85. The molecule has 0 spiro atoms. The van der Waals surface area contributed by atoms with Crippen LogP contribution >= 0.6 is 0 Å². The summed E-state index contributed by atoms with van der Waals surface area (Å²) < 4.78 is 0. The number of nitriles is 1. The molecular formula is C17H29N3. The molecule has 1 saturated heterocycles. The van der Waals surface area contributed by atoms with Crippen LogP contribution in [0.25, 0.3) is 0 Å². The number of hydrogen-bond donors (Lipinski definition) is 1. The molecule has 0 aromatic rings. The molecule has 2 aliphatic carbocycles. The summed E-state index contributed by atoms with van der Waals surface area (Å²) in [5, 5.41) is 13.3. The van der Waals surface area contributed by atoms with Crippen LogP contribution in [0.3, 0.4) is 0 Å². The van der Waals surface area contributed by atoms with Crippen LogP contribution < -0.4 is 5.32 Å². The van der Waals surface area contributed by atoms with Crippen molar-refractivity contribution in [3.8, 4) is 6.07 Å². The molecule has 1 heterocycles. The van der Waals surface area contributed by atoms with Gasteiger partial charge in [0.25, 0.3) is 0 Å². The third kappa shape index (κ3) is 2.61. The first kappa shape index (κ1) is 14.4. The fraction of sp³-hybridized carbons (Fsp3) is 0.941. The number of fused-ring (bicyclic) bond motifs is 2. The van der Waals surface area contributed by atoms with Crippen LogP contribution in [0, 0.1) is 23.2 Å².